The van der Waals surface area contributed by atoms with E-state index in [9.17, 15) is 0 Å². The fraction of sp³-hybridized carbons (Fsp3) is 0.750. The Labute approximate surface area is 106 Å². The van der Waals surface area contributed by atoms with Crippen LogP contribution < -0.4 is 5.43 Å². The number of aliphatic hydroxyl groups is 1. The van der Waals surface area contributed by atoms with Crippen molar-refractivity contribution in [2.45, 2.75) is 0 Å². The molecule has 0 aromatic heterocycles. The number of hydrogen-bond donors (Lipinski definition) is 3. The molecule has 0 atom stereocenters. The maximum Gasteiger partial charge on any atom is 0.0924 e. The monoisotopic (exact) mass is 343 g/mol. The number of ether oxygens (including phenoxy) is 1. The largest absolute Gasteiger partial charge is 0.394 e. The van der Waals surface area contributed by atoms with Crippen molar-refractivity contribution in [1.82, 2.24) is 5.43 Å². The Balaban J connectivity index is 3.67. The van der Waals surface area contributed by atoms with Crippen LogP contribution in [0, 0.1) is 5.41 Å². The van der Waals surface area contributed by atoms with Crippen LogP contribution in [-0.4, -0.2) is 53.6 Å². The molecule has 5 nitrogen and oxygen atoms in total. The SMILES string of the molecule is N=C(CBr)/C(CBr)=N\NCCOCCO. The first-order valence-electron chi connectivity index (χ1n) is 4.44. The second kappa shape index (κ2) is 10.5. The van der Waals surface area contributed by atoms with E-state index in [0.29, 0.717) is 41.8 Å². The van der Waals surface area contributed by atoms with E-state index in [1.165, 1.54) is 0 Å². The minimum absolute atomic E-state index is 0.0319. The lowest BCUT2D eigenvalue weighted by atomic mass is 10.3. The van der Waals surface area contributed by atoms with Crippen LogP contribution in [0.3, 0.4) is 0 Å². The summed E-state index contributed by atoms with van der Waals surface area (Å²) in [5, 5.41) is 21.0. The fourth-order valence-electron chi connectivity index (χ4n) is 0.691. The second-order valence-electron chi connectivity index (χ2n) is 2.55. The number of aliphatic hydroxyl groups excluding tert-OH is 1. The van der Waals surface area contributed by atoms with Gasteiger partial charge in [-0.2, -0.15) is 5.10 Å². The van der Waals surface area contributed by atoms with Gasteiger partial charge in [-0.3, -0.25) is 0 Å². The number of hydrogen-bond acceptors (Lipinski definition) is 5. The summed E-state index contributed by atoms with van der Waals surface area (Å²) in [6, 6.07) is 0. The van der Waals surface area contributed by atoms with Crippen LogP contribution in [-0.2, 0) is 4.74 Å². The molecule has 7 heteroatoms. The van der Waals surface area contributed by atoms with Crippen LogP contribution in [0.4, 0.5) is 0 Å². The Morgan fingerprint density at radius 2 is 2.07 bits per heavy atom. The molecule has 0 saturated carbocycles. The van der Waals surface area contributed by atoms with Crippen molar-refractivity contribution in [2.75, 3.05) is 37.0 Å². The van der Waals surface area contributed by atoms with Crippen molar-refractivity contribution in [2.24, 2.45) is 5.10 Å². The lowest BCUT2D eigenvalue weighted by Crippen LogP contribution is -2.23. The summed E-state index contributed by atoms with van der Waals surface area (Å²) in [5.74, 6) is 0. The highest BCUT2D eigenvalue weighted by Gasteiger charge is 2.03. The third kappa shape index (κ3) is 7.89. The molecule has 0 fully saturated rings. The molecule has 3 N–H and O–H groups in total. The molecule has 88 valence electrons. The van der Waals surface area contributed by atoms with Crippen LogP contribution in [0.2, 0.25) is 0 Å². The van der Waals surface area contributed by atoms with Gasteiger partial charge in [0.15, 0.2) is 0 Å². The van der Waals surface area contributed by atoms with E-state index in [2.05, 4.69) is 42.4 Å². The predicted molar refractivity (Wildman–Crippen MR) is 68.7 cm³/mol. The highest BCUT2D eigenvalue weighted by atomic mass is 79.9. The Morgan fingerprint density at radius 1 is 1.33 bits per heavy atom. The molecule has 0 heterocycles. The molecule has 0 aromatic carbocycles. The minimum Gasteiger partial charge on any atom is -0.394 e. The molecular formula is C8H15Br2N3O2. The van der Waals surface area contributed by atoms with Crippen LogP contribution in [0.25, 0.3) is 0 Å². The summed E-state index contributed by atoms with van der Waals surface area (Å²) < 4.78 is 5.03. The maximum atomic E-state index is 8.44. The lowest BCUT2D eigenvalue weighted by molar-refractivity contribution is 0.0941. The van der Waals surface area contributed by atoms with Crippen molar-refractivity contribution in [3.63, 3.8) is 0 Å². The molecule has 0 bridgehead atoms. The molecule has 0 amide bonds. The van der Waals surface area contributed by atoms with E-state index in [-0.39, 0.29) is 6.61 Å². The molecule has 0 saturated heterocycles. The van der Waals surface area contributed by atoms with E-state index in [1.807, 2.05) is 0 Å². The van der Waals surface area contributed by atoms with Crippen molar-refractivity contribution in [1.29, 1.82) is 5.41 Å². The molecule has 0 radical (unpaired) electrons. The first-order valence-corrected chi connectivity index (χ1v) is 6.68. The molecule has 0 rings (SSSR count). The van der Waals surface area contributed by atoms with Gasteiger partial charge in [0.05, 0.1) is 37.8 Å². The third-order valence-electron chi connectivity index (χ3n) is 1.42. The van der Waals surface area contributed by atoms with Gasteiger partial charge < -0.3 is 20.7 Å². The summed E-state index contributed by atoms with van der Waals surface area (Å²) in [7, 11) is 0. The number of halogens is 2. The molecule has 0 unspecified atom stereocenters. The Bertz CT molecular complexity index is 212. The van der Waals surface area contributed by atoms with Crippen LogP contribution >= 0.6 is 31.9 Å². The predicted octanol–water partition coefficient (Wildman–Crippen LogP) is 0.750. The third-order valence-corrected chi connectivity index (χ3v) is 2.51. The zero-order valence-corrected chi connectivity index (χ0v) is 11.5. The van der Waals surface area contributed by atoms with Gasteiger partial charge >= 0.3 is 0 Å². The average molecular weight is 345 g/mol. The standard InChI is InChI=1S/C8H15Br2N3O2/c9-5-7(11)8(6-10)13-12-1-3-15-4-2-14/h11-12,14H,1-6H2/b11-7?,13-8-. The van der Waals surface area contributed by atoms with Gasteiger partial charge in [-0.1, -0.05) is 31.9 Å². The topological polar surface area (TPSA) is 77.7 Å². The van der Waals surface area contributed by atoms with E-state index in [0.717, 1.165) is 0 Å². The highest BCUT2D eigenvalue weighted by molar-refractivity contribution is 9.10. The van der Waals surface area contributed by atoms with Crippen LogP contribution in [0.15, 0.2) is 5.10 Å². The quantitative estimate of drug-likeness (QED) is 0.250. The second-order valence-corrected chi connectivity index (χ2v) is 3.67. The van der Waals surface area contributed by atoms with E-state index in [1.54, 1.807) is 0 Å². The number of nitrogens with zero attached hydrogens (tertiary/aromatic N) is 1. The van der Waals surface area contributed by atoms with Gasteiger partial charge in [-0.15, -0.1) is 0 Å². The smallest absolute Gasteiger partial charge is 0.0924 e. The van der Waals surface area contributed by atoms with E-state index in [4.69, 9.17) is 15.3 Å². The molecule has 0 spiro atoms. The number of hydrazone groups is 1. The Kier molecular flexibility index (Phi) is 10.5. The normalized spacial score (nSPS) is 11.5. The summed E-state index contributed by atoms with van der Waals surface area (Å²) >= 11 is 6.45. The van der Waals surface area contributed by atoms with Gasteiger partial charge in [-0.25, -0.2) is 0 Å². The van der Waals surface area contributed by atoms with Crippen molar-refractivity contribution in [3.8, 4) is 0 Å². The molecule has 0 aliphatic heterocycles. The zero-order valence-electron chi connectivity index (χ0n) is 8.30. The van der Waals surface area contributed by atoms with Crippen molar-refractivity contribution in [3.05, 3.63) is 0 Å². The van der Waals surface area contributed by atoms with Crippen LogP contribution in [0.5, 0.6) is 0 Å². The van der Waals surface area contributed by atoms with Gasteiger partial charge in [-0.05, 0) is 0 Å². The molecular weight excluding hydrogens is 330 g/mol. The minimum atomic E-state index is 0.0319. The van der Waals surface area contributed by atoms with Gasteiger partial charge in [0.25, 0.3) is 0 Å². The van der Waals surface area contributed by atoms with Gasteiger partial charge in [0.1, 0.15) is 0 Å². The molecule has 0 aliphatic carbocycles. The zero-order chi connectivity index (χ0) is 11.5. The lowest BCUT2D eigenvalue weighted by Gasteiger charge is -2.04. The van der Waals surface area contributed by atoms with Gasteiger partial charge in [0, 0.05) is 10.7 Å². The fourth-order valence-corrected chi connectivity index (χ4v) is 1.48. The maximum absolute atomic E-state index is 8.44. The van der Waals surface area contributed by atoms with E-state index < -0.39 is 0 Å². The molecule has 15 heavy (non-hydrogen) atoms. The first-order chi connectivity index (χ1) is 7.26. The first kappa shape index (κ1) is 15.0. The highest BCUT2D eigenvalue weighted by Crippen LogP contribution is 1.92. The van der Waals surface area contributed by atoms with Crippen molar-refractivity contribution >= 4 is 43.3 Å². The Morgan fingerprint density at radius 3 is 2.60 bits per heavy atom. The summed E-state index contributed by atoms with van der Waals surface area (Å²) in [6.07, 6.45) is 0. The van der Waals surface area contributed by atoms with Gasteiger partial charge in [0.2, 0.25) is 0 Å². The average Bonchev–Trinajstić information content (AvgIpc) is 2.27. The molecule has 0 aliphatic rings. The summed E-state index contributed by atoms with van der Waals surface area (Å²) in [4.78, 5) is 0. The van der Waals surface area contributed by atoms with Crippen LogP contribution in [0.1, 0.15) is 0 Å². The Hall–Kier alpha value is 0.0200. The van der Waals surface area contributed by atoms with E-state index >= 15 is 0 Å². The number of rotatable bonds is 9. The summed E-state index contributed by atoms with van der Waals surface area (Å²) in [5.41, 5.74) is 3.90. The van der Waals surface area contributed by atoms with Crippen molar-refractivity contribution < 1.29 is 9.84 Å². The number of alkyl halides is 2. The summed E-state index contributed by atoms with van der Waals surface area (Å²) in [6.45, 7) is 1.42. The molecule has 0 aromatic rings. The number of nitrogens with one attached hydrogen (secondary N) is 2.